The minimum Gasteiger partial charge on any atom is -0.276 e. The second kappa shape index (κ2) is 8.76. The number of carbonyl (C=O) groups excluding carboxylic acids is 2. The van der Waals surface area contributed by atoms with E-state index in [0.717, 1.165) is 4.47 Å². The molecule has 0 saturated heterocycles. The standard InChI is InChI=1S/C7H4BrClO.C7H3Cl3O/c8-6-4-2-1-3-5(6)7(9)10;8-4-1-2-5(7(10)11)6(9)3-4/h1-4H;1-3H. The molecule has 0 N–H and O–H groups in total. The van der Waals surface area contributed by atoms with E-state index in [2.05, 4.69) is 15.9 Å². The third-order valence-corrected chi connectivity index (χ3v) is 3.88. The van der Waals surface area contributed by atoms with Crippen LogP contribution < -0.4 is 0 Å². The van der Waals surface area contributed by atoms with Crippen LogP contribution in [0.5, 0.6) is 0 Å². The Kier molecular flexibility index (Phi) is 7.71. The van der Waals surface area contributed by atoms with Gasteiger partial charge in [-0.15, -0.1) is 0 Å². The summed E-state index contributed by atoms with van der Waals surface area (Å²) in [6.45, 7) is 0. The van der Waals surface area contributed by atoms with Crippen molar-refractivity contribution in [1.82, 2.24) is 0 Å². The van der Waals surface area contributed by atoms with Crippen LogP contribution in [-0.4, -0.2) is 10.5 Å². The van der Waals surface area contributed by atoms with Crippen molar-refractivity contribution in [2.24, 2.45) is 0 Å². The molecule has 0 fully saturated rings. The van der Waals surface area contributed by atoms with Gasteiger partial charge in [0, 0.05) is 15.1 Å². The lowest BCUT2D eigenvalue weighted by atomic mass is 10.2. The van der Waals surface area contributed by atoms with Crippen LogP contribution >= 0.6 is 62.3 Å². The first-order valence-electron chi connectivity index (χ1n) is 5.42. The van der Waals surface area contributed by atoms with Crippen molar-refractivity contribution in [3.05, 3.63) is 68.1 Å². The molecule has 110 valence electrons. The molecule has 0 aliphatic carbocycles. The smallest absolute Gasteiger partial charge is 0.253 e. The lowest BCUT2D eigenvalue weighted by molar-refractivity contribution is 0.107. The molecular formula is C14H7BrCl4O2. The number of benzene rings is 2. The van der Waals surface area contributed by atoms with Crippen LogP contribution in [0.2, 0.25) is 10.0 Å². The van der Waals surface area contributed by atoms with Gasteiger partial charge in [-0.05, 0) is 53.5 Å². The zero-order chi connectivity index (χ0) is 16.0. The lowest BCUT2D eigenvalue weighted by Crippen LogP contribution is -1.88. The van der Waals surface area contributed by atoms with Gasteiger partial charge in [0.2, 0.25) is 0 Å². The number of carbonyl (C=O) groups is 2. The van der Waals surface area contributed by atoms with Gasteiger partial charge < -0.3 is 0 Å². The van der Waals surface area contributed by atoms with Crippen LogP contribution in [0.3, 0.4) is 0 Å². The molecule has 0 atom stereocenters. The maximum absolute atomic E-state index is 10.6. The summed E-state index contributed by atoms with van der Waals surface area (Å²) in [6, 6.07) is 11.5. The van der Waals surface area contributed by atoms with Gasteiger partial charge in [0.1, 0.15) is 0 Å². The molecule has 0 bridgehead atoms. The average molecular weight is 429 g/mol. The second-order valence-electron chi connectivity index (χ2n) is 3.65. The zero-order valence-electron chi connectivity index (χ0n) is 10.2. The Bertz CT molecular complexity index is 674. The number of rotatable bonds is 2. The molecule has 2 aromatic rings. The first-order valence-corrected chi connectivity index (χ1v) is 7.72. The van der Waals surface area contributed by atoms with Crippen LogP contribution in [0.15, 0.2) is 46.9 Å². The zero-order valence-corrected chi connectivity index (χ0v) is 14.9. The lowest BCUT2D eigenvalue weighted by Gasteiger charge is -1.96. The van der Waals surface area contributed by atoms with Crippen molar-refractivity contribution in [2.45, 2.75) is 0 Å². The Morgan fingerprint density at radius 2 is 1.43 bits per heavy atom. The Labute approximate surface area is 150 Å². The van der Waals surface area contributed by atoms with Crippen LogP contribution in [0.25, 0.3) is 0 Å². The van der Waals surface area contributed by atoms with E-state index in [-0.39, 0.29) is 10.6 Å². The van der Waals surface area contributed by atoms with Crippen LogP contribution in [0.1, 0.15) is 20.7 Å². The summed E-state index contributed by atoms with van der Waals surface area (Å²) in [4.78, 5) is 21.2. The van der Waals surface area contributed by atoms with Gasteiger partial charge in [-0.1, -0.05) is 51.3 Å². The highest BCUT2D eigenvalue weighted by molar-refractivity contribution is 9.10. The van der Waals surface area contributed by atoms with Gasteiger partial charge in [0.25, 0.3) is 10.5 Å². The van der Waals surface area contributed by atoms with E-state index >= 15 is 0 Å². The van der Waals surface area contributed by atoms with Gasteiger partial charge in [0.05, 0.1) is 10.6 Å². The van der Waals surface area contributed by atoms with Crippen LogP contribution in [-0.2, 0) is 0 Å². The van der Waals surface area contributed by atoms with Gasteiger partial charge >= 0.3 is 0 Å². The van der Waals surface area contributed by atoms with E-state index < -0.39 is 10.5 Å². The molecule has 0 aliphatic rings. The highest BCUT2D eigenvalue weighted by Crippen LogP contribution is 2.22. The summed E-state index contributed by atoms with van der Waals surface area (Å²) in [7, 11) is 0. The fraction of sp³-hybridized carbons (Fsp3) is 0. The normalized spacial score (nSPS) is 9.57. The molecule has 0 saturated carbocycles. The molecule has 2 rings (SSSR count). The van der Waals surface area contributed by atoms with E-state index in [1.807, 2.05) is 6.07 Å². The summed E-state index contributed by atoms with van der Waals surface area (Å²) in [5.41, 5.74) is 0.780. The predicted octanol–water partition coefficient (Wildman–Crippen LogP) is 6.20. The van der Waals surface area contributed by atoms with Gasteiger partial charge in [-0.25, -0.2) is 0 Å². The predicted molar refractivity (Wildman–Crippen MR) is 91.0 cm³/mol. The second-order valence-corrected chi connectivity index (χ2v) is 6.04. The van der Waals surface area contributed by atoms with Gasteiger partial charge in [-0.3, -0.25) is 9.59 Å². The Morgan fingerprint density at radius 1 is 0.857 bits per heavy atom. The molecule has 2 nitrogen and oxygen atoms in total. The fourth-order valence-electron chi connectivity index (χ4n) is 1.27. The highest BCUT2D eigenvalue weighted by Gasteiger charge is 2.06. The Balaban J connectivity index is 0.000000211. The Hall–Kier alpha value is -0.580. The maximum atomic E-state index is 10.6. The van der Waals surface area contributed by atoms with E-state index in [0.29, 0.717) is 10.6 Å². The first kappa shape index (κ1) is 18.5. The molecule has 0 heterocycles. The van der Waals surface area contributed by atoms with Crippen molar-refractivity contribution >= 4 is 72.8 Å². The van der Waals surface area contributed by atoms with E-state index in [4.69, 9.17) is 46.4 Å². The SMILES string of the molecule is O=C(Cl)c1ccc(Cl)cc1Cl.O=C(Cl)c1ccccc1Br. The van der Waals surface area contributed by atoms with E-state index in [1.165, 1.54) is 12.1 Å². The van der Waals surface area contributed by atoms with Crippen molar-refractivity contribution in [1.29, 1.82) is 0 Å². The summed E-state index contributed by atoms with van der Waals surface area (Å²) in [6.07, 6.45) is 0. The summed E-state index contributed by atoms with van der Waals surface area (Å²) in [5.74, 6) is 0. The fourth-order valence-corrected chi connectivity index (χ4v) is 2.72. The number of halogens is 5. The maximum Gasteiger partial charge on any atom is 0.253 e. The number of hydrogen-bond acceptors (Lipinski definition) is 2. The first-order chi connectivity index (χ1) is 9.82. The Morgan fingerprint density at radius 3 is 1.86 bits per heavy atom. The third kappa shape index (κ3) is 5.97. The van der Waals surface area contributed by atoms with E-state index in [9.17, 15) is 9.59 Å². The molecule has 0 amide bonds. The molecule has 0 radical (unpaired) electrons. The molecule has 0 aliphatic heterocycles. The quantitative estimate of drug-likeness (QED) is 0.533. The molecule has 21 heavy (non-hydrogen) atoms. The summed E-state index contributed by atoms with van der Waals surface area (Å²) >= 11 is 24.8. The highest BCUT2D eigenvalue weighted by atomic mass is 79.9. The third-order valence-electron chi connectivity index (χ3n) is 2.23. The van der Waals surface area contributed by atoms with Crippen molar-refractivity contribution in [2.75, 3.05) is 0 Å². The monoisotopic (exact) mass is 426 g/mol. The van der Waals surface area contributed by atoms with Gasteiger partial charge in [-0.2, -0.15) is 0 Å². The van der Waals surface area contributed by atoms with Crippen LogP contribution in [0, 0.1) is 0 Å². The van der Waals surface area contributed by atoms with Gasteiger partial charge in [0.15, 0.2) is 0 Å². The topological polar surface area (TPSA) is 34.1 Å². The molecule has 0 unspecified atom stereocenters. The summed E-state index contributed by atoms with van der Waals surface area (Å²) < 4.78 is 0.731. The average Bonchev–Trinajstić information content (AvgIpc) is 2.39. The van der Waals surface area contributed by atoms with Crippen molar-refractivity contribution < 1.29 is 9.59 Å². The van der Waals surface area contributed by atoms with Crippen LogP contribution in [0.4, 0.5) is 0 Å². The molecule has 7 heteroatoms. The largest absolute Gasteiger partial charge is 0.276 e. The molecule has 2 aromatic carbocycles. The molecule has 0 aromatic heterocycles. The van der Waals surface area contributed by atoms with E-state index in [1.54, 1.807) is 24.3 Å². The van der Waals surface area contributed by atoms with Crippen molar-refractivity contribution in [3.8, 4) is 0 Å². The molecular weight excluding hydrogens is 422 g/mol. The van der Waals surface area contributed by atoms with Crippen molar-refractivity contribution in [3.63, 3.8) is 0 Å². The minimum absolute atomic E-state index is 0.275. The number of hydrogen-bond donors (Lipinski definition) is 0. The summed E-state index contributed by atoms with van der Waals surface area (Å²) in [5, 5.41) is -0.256. The minimum atomic E-state index is -0.577. The molecule has 0 spiro atoms.